The maximum atomic E-state index is 11.6. The Morgan fingerprint density at radius 2 is 2.00 bits per heavy atom. The fraction of sp³-hybridized carbons (Fsp3) is 0.652. The number of hydrogen-bond acceptors (Lipinski definition) is 4. The van der Waals surface area contributed by atoms with Crippen molar-refractivity contribution in [2.45, 2.75) is 65.1 Å². The van der Waals surface area contributed by atoms with Crippen LogP contribution in [0.25, 0.3) is 0 Å². The zero-order valence-electron chi connectivity index (χ0n) is 18.5. The van der Waals surface area contributed by atoms with Crippen molar-refractivity contribution in [3.8, 4) is 5.75 Å². The van der Waals surface area contributed by atoms with Gasteiger partial charge in [-0.1, -0.05) is 18.6 Å². The summed E-state index contributed by atoms with van der Waals surface area (Å²) >= 11 is 0. The van der Waals surface area contributed by atoms with E-state index < -0.39 is 0 Å². The molecule has 2 fully saturated rings. The van der Waals surface area contributed by atoms with E-state index in [1.54, 1.807) is 0 Å². The average molecular weight is 417 g/mol. The van der Waals surface area contributed by atoms with E-state index in [4.69, 9.17) is 14.5 Å². The molecule has 2 aliphatic carbocycles. The highest BCUT2D eigenvalue weighted by Crippen LogP contribution is 2.57. The Balaban J connectivity index is 1.57. The lowest BCUT2D eigenvalue weighted by Gasteiger charge is -2.61. The molecule has 166 valence electrons. The summed E-state index contributed by atoms with van der Waals surface area (Å²) in [4.78, 5) is 16.4. The molecule has 3 rings (SSSR count). The number of benzene rings is 1. The minimum atomic E-state index is -0.115. The number of amides is 1. The fourth-order valence-electron chi connectivity index (χ4n) is 4.43. The highest BCUT2D eigenvalue weighted by atomic mass is 16.5. The van der Waals surface area contributed by atoms with Crippen molar-refractivity contribution in [2.24, 2.45) is 10.4 Å². The van der Waals surface area contributed by atoms with Gasteiger partial charge in [-0.2, -0.15) is 0 Å². The number of nitrogens with zero attached hydrogens (tertiary/aromatic N) is 1. The Hall–Kier alpha value is -2.28. The van der Waals surface area contributed by atoms with Crippen molar-refractivity contribution in [1.82, 2.24) is 16.0 Å². The zero-order valence-corrected chi connectivity index (χ0v) is 18.5. The van der Waals surface area contributed by atoms with Crippen LogP contribution in [-0.4, -0.2) is 50.3 Å². The molecule has 0 aromatic heterocycles. The lowest BCUT2D eigenvalue weighted by Crippen LogP contribution is -2.68. The summed E-state index contributed by atoms with van der Waals surface area (Å²) < 4.78 is 11.5. The highest BCUT2D eigenvalue weighted by molar-refractivity contribution is 5.80. The van der Waals surface area contributed by atoms with Crippen molar-refractivity contribution >= 4 is 11.9 Å². The molecule has 1 aromatic rings. The first-order valence-corrected chi connectivity index (χ1v) is 11.3. The van der Waals surface area contributed by atoms with Gasteiger partial charge >= 0.3 is 0 Å². The molecule has 3 N–H and O–H groups in total. The number of hydrogen-bond donors (Lipinski definition) is 3. The predicted molar refractivity (Wildman–Crippen MR) is 119 cm³/mol. The second-order valence-electron chi connectivity index (χ2n) is 8.05. The van der Waals surface area contributed by atoms with Gasteiger partial charge in [0.2, 0.25) is 0 Å². The molecule has 7 heteroatoms. The second kappa shape index (κ2) is 10.7. The van der Waals surface area contributed by atoms with Gasteiger partial charge in [-0.15, -0.1) is 0 Å². The first-order valence-electron chi connectivity index (χ1n) is 11.3. The van der Waals surface area contributed by atoms with E-state index >= 15 is 0 Å². The Bertz CT molecular complexity index is 733. The molecule has 1 spiro atoms. The molecule has 2 unspecified atom stereocenters. The molecule has 0 heterocycles. The molecular weight excluding hydrogens is 380 g/mol. The summed E-state index contributed by atoms with van der Waals surface area (Å²) in [6, 6.07) is 8.17. The van der Waals surface area contributed by atoms with E-state index in [0.29, 0.717) is 36.4 Å². The van der Waals surface area contributed by atoms with Crippen molar-refractivity contribution in [3.63, 3.8) is 0 Å². The predicted octanol–water partition coefficient (Wildman–Crippen LogP) is 2.60. The van der Waals surface area contributed by atoms with E-state index in [0.717, 1.165) is 31.1 Å². The third kappa shape index (κ3) is 5.25. The van der Waals surface area contributed by atoms with Gasteiger partial charge in [0.15, 0.2) is 12.6 Å². The summed E-state index contributed by atoms with van der Waals surface area (Å²) in [5, 5.41) is 9.75. The van der Waals surface area contributed by atoms with Crippen LogP contribution in [0, 0.1) is 5.41 Å². The minimum absolute atomic E-state index is 0.0233. The zero-order chi connectivity index (χ0) is 21.4. The first-order chi connectivity index (χ1) is 14.6. The molecule has 0 aliphatic heterocycles. The molecule has 1 amide bonds. The Morgan fingerprint density at radius 1 is 1.20 bits per heavy atom. The quantitative estimate of drug-likeness (QED) is 0.403. The lowest BCUT2D eigenvalue weighted by molar-refractivity contribution is -0.168. The van der Waals surface area contributed by atoms with Crippen LogP contribution in [0.5, 0.6) is 5.75 Å². The Labute approximate surface area is 180 Å². The van der Waals surface area contributed by atoms with E-state index in [9.17, 15) is 4.79 Å². The molecule has 0 saturated heterocycles. The Morgan fingerprint density at radius 3 is 2.67 bits per heavy atom. The van der Waals surface area contributed by atoms with Gasteiger partial charge < -0.3 is 25.4 Å². The van der Waals surface area contributed by atoms with Crippen LogP contribution in [0.3, 0.4) is 0 Å². The number of guanidine groups is 1. The largest absolute Gasteiger partial charge is 0.484 e. The maximum Gasteiger partial charge on any atom is 0.257 e. The van der Waals surface area contributed by atoms with Gasteiger partial charge in [0.25, 0.3) is 5.91 Å². The monoisotopic (exact) mass is 416 g/mol. The van der Waals surface area contributed by atoms with Crippen LogP contribution in [0.1, 0.15) is 52.0 Å². The van der Waals surface area contributed by atoms with E-state index in [1.807, 2.05) is 31.2 Å². The number of carbonyl (C=O) groups is 1. The van der Waals surface area contributed by atoms with Crippen LogP contribution in [0.4, 0.5) is 0 Å². The summed E-state index contributed by atoms with van der Waals surface area (Å²) in [5.41, 5.74) is 1.33. The molecule has 1 aromatic carbocycles. The number of ether oxygens (including phenoxy) is 2. The molecular formula is C23H36N4O3. The van der Waals surface area contributed by atoms with Crippen molar-refractivity contribution in [2.75, 3.05) is 26.3 Å². The fourth-order valence-corrected chi connectivity index (χ4v) is 4.43. The third-order valence-corrected chi connectivity index (χ3v) is 6.15. The second-order valence-corrected chi connectivity index (χ2v) is 8.05. The third-order valence-electron chi connectivity index (χ3n) is 6.15. The molecule has 2 saturated carbocycles. The number of rotatable bonds is 10. The number of likely N-dealkylation sites (N-methyl/N-ethyl adjacent to an activating group) is 1. The highest BCUT2D eigenvalue weighted by Gasteiger charge is 2.59. The summed E-state index contributed by atoms with van der Waals surface area (Å²) in [5.74, 6) is 1.41. The summed E-state index contributed by atoms with van der Waals surface area (Å²) in [7, 11) is 0. The average Bonchev–Trinajstić information content (AvgIpc) is 2.69. The van der Waals surface area contributed by atoms with Gasteiger partial charge in [0.05, 0.1) is 12.6 Å². The standard InChI is InChI=1S/C23H36N4O3/c1-4-24-21(28)16-30-18-10-7-9-17(13-18)15-26-22(25-5-2)27-19-14-20(29-6-3)23(19)11-8-12-23/h7,9-10,13,19-20H,4-6,8,11-12,14-16H2,1-3H3,(H,24,28)(H2,25,26,27). The normalized spacial score (nSPS) is 22.0. The van der Waals surface area contributed by atoms with Gasteiger partial charge in [0, 0.05) is 31.2 Å². The van der Waals surface area contributed by atoms with Crippen LogP contribution >= 0.6 is 0 Å². The summed E-state index contributed by atoms with van der Waals surface area (Å²) in [6.45, 7) is 8.81. The van der Waals surface area contributed by atoms with Gasteiger partial charge in [0.1, 0.15) is 5.75 Å². The van der Waals surface area contributed by atoms with Crippen LogP contribution < -0.4 is 20.7 Å². The number of aliphatic imine (C=N–C) groups is 1. The van der Waals surface area contributed by atoms with E-state index in [1.165, 1.54) is 19.3 Å². The molecule has 2 atom stereocenters. The van der Waals surface area contributed by atoms with Gasteiger partial charge in [-0.25, -0.2) is 4.99 Å². The van der Waals surface area contributed by atoms with Crippen molar-refractivity contribution < 1.29 is 14.3 Å². The van der Waals surface area contributed by atoms with Crippen LogP contribution in [-0.2, 0) is 16.1 Å². The van der Waals surface area contributed by atoms with Gasteiger partial charge in [-0.05, 0) is 57.7 Å². The molecule has 0 bridgehead atoms. The van der Waals surface area contributed by atoms with Gasteiger partial charge in [-0.3, -0.25) is 4.79 Å². The maximum absolute atomic E-state index is 11.6. The molecule has 0 radical (unpaired) electrons. The molecule has 7 nitrogen and oxygen atoms in total. The smallest absolute Gasteiger partial charge is 0.257 e. The molecule has 30 heavy (non-hydrogen) atoms. The van der Waals surface area contributed by atoms with Crippen molar-refractivity contribution in [1.29, 1.82) is 0 Å². The van der Waals surface area contributed by atoms with E-state index in [2.05, 4.69) is 29.8 Å². The molecule has 2 aliphatic rings. The van der Waals surface area contributed by atoms with Crippen molar-refractivity contribution in [3.05, 3.63) is 29.8 Å². The first kappa shape index (κ1) is 22.4. The SMILES string of the molecule is CCNC(=O)COc1cccc(CN=C(NCC)NC2CC(OCC)C23CCC3)c1. The number of nitrogens with one attached hydrogen (secondary N) is 3. The number of carbonyl (C=O) groups excluding carboxylic acids is 1. The topological polar surface area (TPSA) is 84.0 Å². The minimum Gasteiger partial charge on any atom is -0.484 e. The van der Waals surface area contributed by atoms with E-state index in [-0.39, 0.29) is 12.5 Å². The van der Waals surface area contributed by atoms with Crippen LogP contribution in [0.15, 0.2) is 29.3 Å². The van der Waals surface area contributed by atoms with Crippen LogP contribution in [0.2, 0.25) is 0 Å². The lowest BCUT2D eigenvalue weighted by atomic mass is 9.51. The Kier molecular flexibility index (Phi) is 7.96. The summed E-state index contributed by atoms with van der Waals surface area (Å²) in [6.07, 6.45) is 5.19.